The highest BCUT2D eigenvalue weighted by Crippen LogP contribution is 2.16. The molecule has 4 N–H and O–H groups in total. The molecular formula is C10H16N4O4S. The highest BCUT2D eigenvalue weighted by molar-refractivity contribution is 7.89. The molecule has 2 heterocycles. The molecule has 1 fully saturated rings. The van der Waals surface area contributed by atoms with E-state index in [0.717, 1.165) is 0 Å². The average molecular weight is 288 g/mol. The lowest BCUT2D eigenvalue weighted by atomic mass is 10.1. The van der Waals surface area contributed by atoms with Crippen molar-refractivity contribution in [3.05, 3.63) is 11.4 Å². The van der Waals surface area contributed by atoms with E-state index in [1.807, 2.05) is 0 Å². The van der Waals surface area contributed by atoms with Gasteiger partial charge in [0, 0.05) is 19.3 Å². The number of aromatic amines is 1. The second-order valence-electron chi connectivity index (χ2n) is 4.43. The Morgan fingerprint density at radius 1 is 1.47 bits per heavy atom. The van der Waals surface area contributed by atoms with Gasteiger partial charge in [-0.3, -0.25) is 9.89 Å². The van der Waals surface area contributed by atoms with E-state index in [1.54, 1.807) is 0 Å². The van der Waals surface area contributed by atoms with Gasteiger partial charge in [-0.1, -0.05) is 0 Å². The summed E-state index contributed by atoms with van der Waals surface area (Å²) < 4.78 is 28.1. The van der Waals surface area contributed by atoms with Gasteiger partial charge in [-0.05, 0) is 19.8 Å². The number of primary sulfonamides is 1. The summed E-state index contributed by atoms with van der Waals surface area (Å²) >= 11 is 0. The van der Waals surface area contributed by atoms with E-state index >= 15 is 0 Å². The molecule has 1 aromatic rings. The van der Waals surface area contributed by atoms with Crippen LogP contribution >= 0.6 is 0 Å². The molecule has 1 saturated heterocycles. The zero-order valence-electron chi connectivity index (χ0n) is 10.5. The summed E-state index contributed by atoms with van der Waals surface area (Å²) in [6.07, 6.45) is 1.39. The largest absolute Gasteiger partial charge is 0.381 e. The quantitative estimate of drug-likeness (QED) is 0.676. The van der Waals surface area contributed by atoms with Crippen LogP contribution in [0.15, 0.2) is 4.90 Å². The zero-order valence-corrected chi connectivity index (χ0v) is 11.3. The molecular weight excluding hydrogens is 272 g/mol. The number of nitrogens with one attached hydrogen (secondary N) is 2. The van der Waals surface area contributed by atoms with Crippen LogP contribution in [0.3, 0.4) is 0 Å². The molecule has 8 nitrogen and oxygen atoms in total. The lowest BCUT2D eigenvalue weighted by Gasteiger charge is -2.22. The molecule has 0 aliphatic carbocycles. The highest BCUT2D eigenvalue weighted by Gasteiger charge is 2.27. The molecule has 0 saturated carbocycles. The Kier molecular flexibility index (Phi) is 3.88. The lowest BCUT2D eigenvalue weighted by molar-refractivity contribution is 0.0692. The van der Waals surface area contributed by atoms with E-state index in [4.69, 9.17) is 9.88 Å². The van der Waals surface area contributed by atoms with Gasteiger partial charge in [-0.15, -0.1) is 0 Å². The van der Waals surface area contributed by atoms with Crippen LogP contribution in [0.2, 0.25) is 0 Å². The lowest BCUT2D eigenvalue weighted by Crippen LogP contribution is -2.39. The molecule has 0 atom stereocenters. The number of aromatic nitrogens is 2. The molecule has 2 rings (SSSR count). The van der Waals surface area contributed by atoms with E-state index in [9.17, 15) is 13.2 Å². The van der Waals surface area contributed by atoms with Crippen LogP contribution in [0.5, 0.6) is 0 Å². The number of carbonyl (C=O) groups is 1. The average Bonchev–Trinajstić information content (AvgIpc) is 2.72. The number of amides is 1. The first-order chi connectivity index (χ1) is 8.89. The summed E-state index contributed by atoms with van der Waals surface area (Å²) in [5, 5.41) is 14.0. The Balaban J connectivity index is 2.20. The second kappa shape index (κ2) is 5.27. The number of ether oxygens (including phenoxy) is 1. The number of aryl methyl sites for hydroxylation is 1. The summed E-state index contributed by atoms with van der Waals surface area (Å²) in [5.41, 5.74) is 0.0612. The molecule has 0 aromatic carbocycles. The molecule has 0 unspecified atom stereocenters. The van der Waals surface area contributed by atoms with Crippen molar-refractivity contribution in [2.75, 3.05) is 13.2 Å². The number of hydrogen-bond donors (Lipinski definition) is 3. The number of rotatable bonds is 3. The normalized spacial score (nSPS) is 17.4. The van der Waals surface area contributed by atoms with Crippen LogP contribution in [0, 0.1) is 6.92 Å². The first-order valence-electron chi connectivity index (χ1n) is 5.86. The van der Waals surface area contributed by atoms with E-state index in [2.05, 4.69) is 15.5 Å². The maximum atomic E-state index is 12.0. The molecule has 1 aliphatic heterocycles. The van der Waals surface area contributed by atoms with Gasteiger partial charge in [-0.2, -0.15) is 5.10 Å². The van der Waals surface area contributed by atoms with Crippen molar-refractivity contribution in [3.8, 4) is 0 Å². The fourth-order valence-corrected chi connectivity index (χ4v) is 2.90. The highest BCUT2D eigenvalue weighted by atomic mass is 32.2. The number of nitrogens with zero attached hydrogens (tertiary/aromatic N) is 1. The molecule has 0 spiro atoms. The Morgan fingerprint density at radius 2 is 2.11 bits per heavy atom. The van der Waals surface area contributed by atoms with Crippen molar-refractivity contribution in [2.24, 2.45) is 5.14 Å². The van der Waals surface area contributed by atoms with Gasteiger partial charge in [0.05, 0.1) is 5.69 Å². The first-order valence-corrected chi connectivity index (χ1v) is 7.40. The third-order valence-corrected chi connectivity index (χ3v) is 4.02. The fourth-order valence-electron chi connectivity index (χ4n) is 2.02. The van der Waals surface area contributed by atoms with Crippen LogP contribution in [0.1, 0.15) is 29.0 Å². The van der Waals surface area contributed by atoms with Crippen LogP contribution in [0.4, 0.5) is 0 Å². The molecule has 19 heavy (non-hydrogen) atoms. The van der Waals surface area contributed by atoms with Crippen molar-refractivity contribution in [1.29, 1.82) is 0 Å². The fraction of sp³-hybridized carbons (Fsp3) is 0.600. The summed E-state index contributed by atoms with van der Waals surface area (Å²) in [6.45, 7) is 2.65. The standard InChI is InChI=1S/C10H16N4O4S/c1-6-9(19(11,16)17)8(14-13-6)10(15)12-7-2-4-18-5-3-7/h7H,2-5H2,1H3,(H,12,15)(H,13,14)(H2,11,16,17). The molecule has 0 bridgehead atoms. The van der Waals surface area contributed by atoms with Gasteiger partial charge in [0.25, 0.3) is 5.91 Å². The summed E-state index contributed by atoms with van der Waals surface area (Å²) in [7, 11) is -3.99. The number of hydrogen-bond acceptors (Lipinski definition) is 5. The topological polar surface area (TPSA) is 127 Å². The third kappa shape index (κ3) is 3.11. The van der Waals surface area contributed by atoms with Gasteiger partial charge in [0.1, 0.15) is 4.90 Å². The molecule has 1 aliphatic rings. The smallest absolute Gasteiger partial charge is 0.273 e. The Bertz CT molecular complexity index is 574. The van der Waals surface area contributed by atoms with E-state index in [1.165, 1.54) is 6.92 Å². The molecule has 1 amide bonds. The maximum absolute atomic E-state index is 12.0. The Hall–Kier alpha value is -1.45. The number of H-pyrrole nitrogens is 1. The van der Waals surface area contributed by atoms with Gasteiger partial charge in [-0.25, -0.2) is 13.6 Å². The number of nitrogens with two attached hydrogens (primary N) is 1. The number of sulfonamides is 1. The minimum atomic E-state index is -3.99. The zero-order chi connectivity index (χ0) is 14.0. The minimum Gasteiger partial charge on any atom is -0.381 e. The van der Waals surface area contributed by atoms with Crippen molar-refractivity contribution >= 4 is 15.9 Å². The maximum Gasteiger partial charge on any atom is 0.273 e. The van der Waals surface area contributed by atoms with E-state index in [0.29, 0.717) is 26.1 Å². The van der Waals surface area contributed by atoms with Crippen molar-refractivity contribution in [3.63, 3.8) is 0 Å². The van der Waals surface area contributed by atoms with Crippen LogP contribution in [0.25, 0.3) is 0 Å². The Labute approximate surface area is 110 Å². The third-order valence-electron chi connectivity index (χ3n) is 2.95. The van der Waals surface area contributed by atoms with Crippen LogP contribution < -0.4 is 10.5 Å². The van der Waals surface area contributed by atoms with Gasteiger partial charge >= 0.3 is 0 Å². The summed E-state index contributed by atoms with van der Waals surface area (Å²) in [6, 6.07) is -0.0356. The summed E-state index contributed by atoms with van der Waals surface area (Å²) in [4.78, 5) is 11.8. The predicted molar refractivity (Wildman–Crippen MR) is 66.0 cm³/mol. The van der Waals surface area contributed by atoms with Crippen molar-refractivity contribution < 1.29 is 17.9 Å². The minimum absolute atomic E-state index is 0.0356. The molecule has 1 aromatic heterocycles. The molecule has 0 radical (unpaired) electrons. The van der Waals surface area contributed by atoms with Gasteiger partial charge < -0.3 is 10.1 Å². The van der Waals surface area contributed by atoms with Crippen molar-refractivity contribution in [2.45, 2.75) is 30.7 Å². The van der Waals surface area contributed by atoms with Crippen molar-refractivity contribution in [1.82, 2.24) is 15.5 Å². The monoisotopic (exact) mass is 288 g/mol. The predicted octanol–water partition coefficient (Wildman–Crippen LogP) is -0.726. The molecule has 9 heteroatoms. The first kappa shape index (κ1) is 14.0. The van der Waals surface area contributed by atoms with Gasteiger partial charge in [0.2, 0.25) is 10.0 Å². The van der Waals surface area contributed by atoms with E-state index < -0.39 is 15.9 Å². The van der Waals surface area contributed by atoms with Crippen LogP contribution in [-0.4, -0.2) is 43.8 Å². The van der Waals surface area contributed by atoms with E-state index in [-0.39, 0.29) is 22.3 Å². The van der Waals surface area contributed by atoms with Crippen LogP contribution in [-0.2, 0) is 14.8 Å². The SMILES string of the molecule is Cc1[nH]nc(C(=O)NC2CCOCC2)c1S(N)(=O)=O. The molecule has 106 valence electrons. The summed E-state index contributed by atoms with van der Waals surface area (Å²) in [5.74, 6) is -0.541. The second-order valence-corrected chi connectivity index (χ2v) is 5.93. The number of carbonyl (C=O) groups excluding carboxylic acids is 1. The van der Waals surface area contributed by atoms with Gasteiger partial charge in [0.15, 0.2) is 5.69 Å². The Morgan fingerprint density at radius 3 is 2.68 bits per heavy atom.